The van der Waals surface area contributed by atoms with Crippen LogP contribution < -0.4 is 4.74 Å². The summed E-state index contributed by atoms with van der Waals surface area (Å²) in [6, 6.07) is 6.88. The van der Waals surface area contributed by atoms with Crippen LogP contribution in [0.2, 0.25) is 0 Å². The molecular weight excluding hydrogens is 168 g/mol. The maximum absolute atomic E-state index is 8.66. The number of hydrogen-bond donors (Lipinski definition) is 1. The molecule has 0 aliphatic carbocycles. The van der Waals surface area contributed by atoms with Crippen molar-refractivity contribution in [1.29, 1.82) is 5.26 Å². The molecule has 4 heteroatoms. The Kier molecular flexibility index (Phi) is 2.87. The lowest BCUT2D eigenvalue weighted by Crippen LogP contribution is -1.90. The van der Waals surface area contributed by atoms with Gasteiger partial charge in [0.2, 0.25) is 0 Å². The van der Waals surface area contributed by atoms with E-state index in [0.717, 1.165) is 0 Å². The van der Waals surface area contributed by atoms with Gasteiger partial charge in [0.15, 0.2) is 0 Å². The normalized spacial score (nSPS) is 9.85. The zero-order chi connectivity index (χ0) is 9.68. The molecule has 0 aliphatic heterocycles. The highest BCUT2D eigenvalue weighted by molar-refractivity contribution is 5.80. The number of nitrogens with zero attached hydrogens (tertiary/aromatic N) is 2. The molecule has 0 saturated heterocycles. The molecule has 0 bridgehead atoms. The Hall–Kier alpha value is -2.02. The van der Waals surface area contributed by atoms with E-state index >= 15 is 0 Å². The molecule has 0 aromatic heterocycles. The van der Waals surface area contributed by atoms with E-state index in [4.69, 9.17) is 15.2 Å². The minimum absolute atomic E-state index is 0.456. The smallest absolute Gasteiger partial charge is 0.137 e. The number of rotatable bonds is 2. The SMILES string of the molecule is COc1cc(C=NO)ccc1C#N. The van der Waals surface area contributed by atoms with Crippen LogP contribution in [0.15, 0.2) is 23.4 Å². The second kappa shape index (κ2) is 4.12. The van der Waals surface area contributed by atoms with Crippen molar-refractivity contribution in [3.63, 3.8) is 0 Å². The fourth-order valence-corrected chi connectivity index (χ4v) is 0.947. The Morgan fingerprint density at radius 2 is 2.38 bits per heavy atom. The topological polar surface area (TPSA) is 65.6 Å². The number of ether oxygens (including phenoxy) is 1. The lowest BCUT2D eigenvalue weighted by atomic mass is 10.1. The summed E-state index contributed by atoms with van der Waals surface area (Å²) in [5.74, 6) is 0.472. The highest BCUT2D eigenvalue weighted by Crippen LogP contribution is 2.17. The van der Waals surface area contributed by atoms with Crippen molar-refractivity contribution in [2.24, 2.45) is 5.16 Å². The first-order chi connectivity index (χ1) is 6.31. The predicted octanol–water partition coefficient (Wildman–Crippen LogP) is 1.37. The van der Waals surface area contributed by atoms with Crippen molar-refractivity contribution >= 4 is 6.21 Å². The highest BCUT2D eigenvalue weighted by Gasteiger charge is 2.01. The van der Waals surface area contributed by atoms with E-state index < -0.39 is 0 Å². The van der Waals surface area contributed by atoms with Gasteiger partial charge in [0.1, 0.15) is 11.8 Å². The molecular formula is C9H8N2O2. The third-order valence-corrected chi connectivity index (χ3v) is 1.55. The number of hydrogen-bond acceptors (Lipinski definition) is 4. The van der Waals surface area contributed by atoms with Crippen LogP contribution in [-0.4, -0.2) is 18.5 Å². The van der Waals surface area contributed by atoms with E-state index in [1.54, 1.807) is 18.2 Å². The molecule has 0 fully saturated rings. The van der Waals surface area contributed by atoms with Crippen LogP contribution in [0.3, 0.4) is 0 Å². The van der Waals surface area contributed by atoms with Crippen LogP contribution in [0.25, 0.3) is 0 Å². The maximum atomic E-state index is 8.66. The van der Waals surface area contributed by atoms with Gasteiger partial charge in [-0.05, 0) is 17.7 Å². The summed E-state index contributed by atoms with van der Waals surface area (Å²) < 4.78 is 4.96. The van der Waals surface area contributed by atoms with Gasteiger partial charge in [-0.15, -0.1) is 0 Å². The van der Waals surface area contributed by atoms with Gasteiger partial charge < -0.3 is 9.94 Å². The standard InChI is InChI=1S/C9H8N2O2/c1-13-9-4-7(6-11-12)2-3-8(9)5-10/h2-4,6,12H,1H3. The van der Waals surface area contributed by atoms with Gasteiger partial charge in [0.05, 0.1) is 18.9 Å². The molecule has 0 spiro atoms. The van der Waals surface area contributed by atoms with Crippen LogP contribution >= 0.6 is 0 Å². The quantitative estimate of drug-likeness (QED) is 0.420. The molecule has 1 aromatic rings. The first-order valence-corrected chi connectivity index (χ1v) is 3.57. The van der Waals surface area contributed by atoms with Crippen LogP contribution in [0.4, 0.5) is 0 Å². The zero-order valence-electron chi connectivity index (χ0n) is 7.06. The molecule has 0 unspecified atom stereocenters. The highest BCUT2D eigenvalue weighted by atomic mass is 16.5. The summed E-state index contributed by atoms with van der Waals surface area (Å²) >= 11 is 0. The molecule has 1 aromatic carbocycles. The monoisotopic (exact) mass is 176 g/mol. The van der Waals surface area contributed by atoms with Gasteiger partial charge in [0.25, 0.3) is 0 Å². The molecule has 0 amide bonds. The maximum Gasteiger partial charge on any atom is 0.137 e. The summed E-state index contributed by atoms with van der Waals surface area (Å²) in [5.41, 5.74) is 1.14. The van der Waals surface area contributed by atoms with Gasteiger partial charge >= 0.3 is 0 Å². The fourth-order valence-electron chi connectivity index (χ4n) is 0.947. The number of oxime groups is 1. The molecule has 1 N–H and O–H groups in total. The van der Waals surface area contributed by atoms with Crippen molar-refractivity contribution in [3.8, 4) is 11.8 Å². The average molecular weight is 176 g/mol. The van der Waals surface area contributed by atoms with Crippen LogP contribution in [-0.2, 0) is 0 Å². The van der Waals surface area contributed by atoms with Crippen molar-refractivity contribution in [2.75, 3.05) is 7.11 Å². The molecule has 0 aliphatic rings. The first-order valence-electron chi connectivity index (χ1n) is 3.57. The minimum atomic E-state index is 0.456. The Morgan fingerprint density at radius 3 is 2.92 bits per heavy atom. The van der Waals surface area contributed by atoms with Crippen LogP contribution in [0, 0.1) is 11.3 Å². The van der Waals surface area contributed by atoms with Crippen molar-refractivity contribution in [1.82, 2.24) is 0 Å². The van der Waals surface area contributed by atoms with Gasteiger partial charge in [-0.1, -0.05) is 11.2 Å². The molecule has 0 radical (unpaired) electrons. The average Bonchev–Trinajstić information content (AvgIpc) is 2.18. The molecule has 0 atom stereocenters. The van der Waals surface area contributed by atoms with Crippen LogP contribution in [0.5, 0.6) is 5.75 Å². The molecule has 0 saturated carbocycles. The largest absolute Gasteiger partial charge is 0.495 e. The first kappa shape index (κ1) is 9.07. The van der Waals surface area contributed by atoms with Gasteiger partial charge in [-0.3, -0.25) is 0 Å². The Morgan fingerprint density at radius 1 is 1.62 bits per heavy atom. The van der Waals surface area contributed by atoms with E-state index in [1.807, 2.05) is 6.07 Å². The molecule has 4 nitrogen and oxygen atoms in total. The summed E-state index contributed by atoms with van der Waals surface area (Å²) in [5, 5.41) is 19.8. The van der Waals surface area contributed by atoms with E-state index in [9.17, 15) is 0 Å². The van der Waals surface area contributed by atoms with Crippen LogP contribution in [0.1, 0.15) is 11.1 Å². The minimum Gasteiger partial charge on any atom is -0.495 e. The lowest BCUT2D eigenvalue weighted by Gasteiger charge is -2.02. The van der Waals surface area contributed by atoms with E-state index in [-0.39, 0.29) is 0 Å². The van der Waals surface area contributed by atoms with Gasteiger partial charge in [0, 0.05) is 0 Å². The lowest BCUT2D eigenvalue weighted by molar-refractivity contribution is 0.322. The Balaban J connectivity index is 3.14. The fraction of sp³-hybridized carbons (Fsp3) is 0.111. The molecule has 1 rings (SSSR count). The summed E-state index contributed by atoms with van der Waals surface area (Å²) in [6.07, 6.45) is 1.27. The number of nitriles is 1. The number of methoxy groups -OCH3 is 1. The van der Waals surface area contributed by atoms with E-state index in [0.29, 0.717) is 16.9 Å². The third-order valence-electron chi connectivity index (χ3n) is 1.55. The van der Waals surface area contributed by atoms with Crippen molar-refractivity contribution in [3.05, 3.63) is 29.3 Å². The second-order valence-electron chi connectivity index (χ2n) is 2.32. The Labute approximate surface area is 75.7 Å². The Bertz CT molecular complexity index is 366. The molecule has 0 heterocycles. The van der Waals surface area contributed by atoms with Crippen molar-refractivity contribution in [2.45, 2.75) is 0 Å². The third kappa shape index (κ3) is 1.97. The second-order valence-corrected chi connectivity index (χ2v) is 2.32. The van der Waals surface area contributed by atoms with Gasteiger partial charge in [-0.25, -0.2) is 0 Å². The van der Waals surface area contributed by atoms with E-state index in [1.165, 1.54) is 13.3 Å². The number of benzene rings is 1. The summed E-state index contributed by atoms with van der Waals surface area (Å²) in [4.78, 5) is 0. The molecule has 66 valence electrons. The zero-order valence-corrected chi connectivity index (χ0v) is 7.06. The summed E-state index contributed by atoms with van der Waals surface area (Å²) in [7, 11) is 1.48. The van der Waals surface area contributed by atoms with E-state index in [2.05, 4.69) is 5.16 Å². The summed E-state index contributed by atoms with van der Waals surface area (Å²) in [6.45, 7) is 0. The predicted molar refractivity (Wildman–Crippen MR) is 47.1 cm³/mol. The van der Waals surface area contributed by atoms with Crippen molar-refractivity contribution < 1.29 is 9.94 Å². The molecule has 13 heavy (non-hydrogen) atoms. The van der Waals surface area contributed by atoms with Gasteiger partial charge in [-0.2, -0.15) is 5.26 Å².